The standard InChI is InChI=1S/C50H45N3/c1-34-14-12-17-36(30-34)33-51-52-45(28-24-35-15-6-4-7-16-35)39-20-13-21-40(31-39)53-46-29-27-44-48(41-22-10-11-23-43(41)50(44,2)3)49(46)42-26-25-38(32-47(42)53)37-18-8-5-9-19-37/h4-23,25-29,31-32,34,51-52H,24,30,33H2,1-3H3/b45-28-. The summed E-state index contributed by atoms with van der Waals surface area (Å²) < 4.78 is 2.48. The topological polar surface area (TPSA) is 29.0 Å². The minimum absolute atomic E-state index is 0.0719. The van der Waals surface area contributed by atoms with Crippen molar-refractivity contribution >= 4 is 27.5 Å². The molecule has 1 atom stereocenters. The summed E-state index contributed by atoms with van der Waals surface area (Å²) in [6.45, 7) is 7.80. The van der Waals surface area contributed by atoms with Crippen LogP contribution < -0.4 is 10.9 Å². The number of fused-ring (bicyclic) bond motifs is 7. The normalized spacial score (nSPS) is 16.1. The first-order valence-electron chi connectivity index (χ1n) is 18.9. The van der Waals surface area contributed by atoms with Gasteiger partial charge in [-0.2, -0.15) is 0 Å². The molecule has 0 radical (unpaired) electrons. The van der Waals surface area contributed by atoms with Gasteiger partial charge in [0.15, 0.2) is 0 Å². The summed E-state index contributed by atoms with van der Waals surface area (Å²) in [5, 5.41) is 2.60. The quantitative estimate of drug-likeness (QED) is 0.148. The second-order valence-electron chi connectivity index (χ2n) is 15.2. The third kappa shape index (κ3) is 6.01. The van der Waals surface area contributed by atoms with Gasteiger partial charge in [0, 0.05) is 34.0 Å². The summed E-state index contributed by atoms with van der Waals surface area (Å²) in [7, 11) is 0. The molecule has 2 aliphatic carbocycles. The number of hydrogen-bond acceptors (Lipinski definition) is 2. The van der Waals surface area contributed by atoms with Gasteiger partial charge in [-0.3, -0.25) is 0 Å². The highest BCUT2D eigenvalue weighted by molar-refractivity contribution is 6.18. The van der Waals surface area contributed by atoms with Crippen LogP contribution in [0.1, 0.15) is 49.4 Å². The Bertz CT molecular complexity index is 2570. The Morgan fingerprint density at radius 3 is 2.38 bits per heavy atom. The van der Waals surface area contributed by atoms with E-state index in [4.69, 9.17) is 0 Å². The summed E-state index contributed by atoms with van der Waals surface area (Å²) in [6, 6.07) is 51.2. The Morgan fingerprint density at radius 2 is 1.55 bits per heavy atom. The molecule has 2 aliphatic rings. The highest BCUT2D eigenvalue weighted by Gasteiger charge is 2.37. The first-order chi connectivity index (χ1) is 26.0. The average Bonchev–Trinajstić information content (AvgIpc) is 3.65. The van der Waals surface area contributed by atoms with Crippen molar-refractivity contribution in [3.05, 3.63) is 192 Å². The Labute approximate surface area is 313 Å². The molecule has 0 amide bonds. The number of benzene rings is 6. The van der Waals surface area contributed by atoms with Crippen molar-refractivity contribution in [1.29, 1.82) is 0 Å². The number of nitrogens with zero attached hydrogens (tertiary/aromatic N) is 1. The van der Waals surface area contributed by atoms with Crippen LogP contribution in [0.5, 0.6) is 0 Å². The van der Waals surface area contributed by atoms with Gasteiger partial charge in [0.1, 0.15) is 0 Å². The number of aromatic nitrogens is 1. The predicted molar refractivity (Wildman–Crippen MR) is 224 cm³/mol. The lowest BCUT2D eigenvalue weighted by Crippen LogP contribution is -2.32. The first-order valence-corrected chi connectivity index (χ1v) is 18.9. The molecule has 3 heteroatoms. The fourth-order valence-electron chi connectivity index (χ4n) is 8.59. The molecule has 1 unspecified atom stereocenters. The van der Waals surface area contributed by atoms with Gasteiger partial charge in [-0.25, -0.2) is 5.43 Å². The van der Waals surface area contributed by atoms with Gasteiger partial charge in [-0.05, 0) is 82.0 Å². The van der Waals surface area contributed by atoms with E-state index in [1.165, 1.54) is 66.3 Å². The van der Waals surface area contributed by atoms with Crippen LogP contribution in [0, 0.1) is 5.92 Å². The number of nitrogens with one attached hydrogen (secondary N) is 2. The van der Waals surface area contributed by atoms with E-state index in [9.17, 15) is 0 Å². The lowest BCUT2D eigenvalue weighted by molar-refractivity contribution is 0.625. The lowest BCUT2D eigenvalue weighted by atomic mass is 9.82. The Morgan fingerprint density at radius 1 is 0.755 bits per heavy atom. The van der Waals surface area contributed by atoms with Gasteiger partial charge in [-0.1, -0.05) is 166 Å². The third-order valence-corrected chi connectivity index (χ3v) is 11.3. The zero-order valence-corrected chi connectivity index (χ0v) is 30.7. The van der Waals surface area contributed by atoms with Gasteiger partial charge >= 0.3 is 0 Å². The van der Waals surface area contributed by atoms with Crippen molar-refractivity contribution < 1.29 is 0 Å². The maximum Gasteiger partial charge on any atom is 0.0547 e. The van der Waals surface area contributed by atoms with Crippen molar-refractivity contribution in [3.63, 3.8) is 0 Å². The molecule has 0 aliphatic heterocycles. The SMILES string of the molecule is CC1C=CC=C(CNN/C(=C\Cc2ccccc2)c2cccc(-n3c4cc(-c5ccccc5)ccc4c4c5c(ccc43)C(C)(C)c3ccccc3-5)c2)C1. The summed E-state index contributed by atoms with van der Waals surface area (Å²) >= 11 is 0. The van der Waals surface area contributed by atoms with Crippen molar-refractivity contribution in [1.82, 2.24) is 15.4 Å². The van der Waals surface area contributed by atoms with Gasteiger partial charge in [0.25, 0.3) is 0 Å². The van der Waals surface area contributed by atoms with Crippen molar-refractivity contribution in [2.24, 2.45) is 5.92 Å². The van der Waals surface area contributed by atoms with E-state index >= 15 is 0 Å². The lowest BCUT2D eigenvalue weighted by Gasteiger charge is -2.21. The molecule has 0 bridgehead atoms. The van der Waals surface area contributed by atoms with E-state index in [0.29, 0.717) is 5.92 Å². The second-order valence-corrected chi connectivity index (χ2v) is 15.2. The van der Waals surface area contributed by atoms with Crippen LogP contribution in [-0.2, 0) is 11.8 Å². The fourth-order valence-corrected chi connectivity index (χ4v) is 8.59. The van der Waals surface area contributed by atoms with E-state index in [-0.39, 0.29) is 5.41 Å². The molecule has 3 nitrogen and oxygen atoms in total. The maximum atomic E-state index is 3.64. The summed E-state index contributed by atoms with van der Waals surface area (Å²) in [5.41, 5.74) is 23.5. The highest BCUT2D eigenvalue weighted by atomic mass is 15.4. The smallest absolute Gasteiger partial charge is 0.0547 e. The minimum atomic E-state index is -0.0719. The van der Waals surface area contributed by atoms with Crippen LogP contribution in [-0.4, -0.2) is 11.1 Å². The first kappa shape index (κ1) is 33.0. The maximum absolute atomic E-state index is 3.64. The van der Waals surface area contributed by atoms with Crippen LogP contribution in [0.15, 0.2) is 169 Å². The van der Waals surface area contributed by atoms with Gasteiger partial charge < -0.3 is 9.99 Å². The molecule has 0 saturated heterocycles. The van der Waals surface area contributed by atoms with Gasteiger partial charge in [0.05, 0.1) is 16.7 Å². The third-order valence-electron chi connectivity index (χ3n) is 11.3. The number of hydrogen-bond donors (Lipinski definition) is 2. The van der Waals surface area contributed by atoms with Crippen LogP contribution in [0.4, 0.5) is 0 Å². The average molecular weight is 688 g/mol. The van der Waals surface area contributed by atoms with Crippen LogP contribution in [0.2, 0.25) is 0 Å². The molecule has 0 spiro atoms. The van der Waals surface area contributed by atoms with Crippen molar-refractivity contribution in [2.75, 3.05) is 6.54 Å². The summed E-state index contributed by atoms with van der Waals surface area (Å²) in [4.78, 5) is 0. The Hall–Kier alpha value is -5.90. The molecule has 7 aromatic rings. The van der Waals surface area contributed by atoms with E-state index in [1.807, 2.05) is 0 Å². The van der Waals surface area contributed by atoms with Gasteiger partial charge in [0.2, 0.25) is 0 Å². The number of hydrazine groups is 1. The molecule has 260 valence electrons. The Balaban J connectivity index is 1.20. The van der Waals surface area contributed by atoms with Crippen molar-refractivity contribution in [2.45, 2.75) is 39.0 Å². The second kappa shape index (κ2) is 13.6. The largest absolute Gasteiger partial charge is 0.321 e. The molecule has 9 rings (SSSR count). The fraction of sp³-hybridized carbons (Fsp3) is 0.160. The zero-order chi connectivity index (χ0) is 35.9. The monoisotopic (exact) mass is 687 g/mol. The van der Waals surface area contributed by atoms with E-state index < -0.39 is 0 Å². The molecule has 0 saturated carbocycles. The molecular formula is C50H45N3. The van der Waals surface area contributed by atoms with E-state index in [2.05, 4.69) is 200 Å². The summed E-state index contributed by atoms with van der Waals surface area (Å²) in [6.07, 6.45) is 10.9. The number of rotatable bonds is 9. The van der Waals surface area contributed by atoms with E-state index in [0.717, 1.165) is 36.3 Å². The zero-order valence-electron chi connectivity index (χ0n) is 30.7. The van der Waals surface area contributed by atoms with Crippen LogP contribution >= 0.6 is 0 Å². The Kier molecular flexibility index (Phi) is 8.45. The minimum Gasteiger partial charge on any atom is -0.321 e. The van der Waals surface area contributed by atoms with Crippen molar-refractivity contribution in [3.8, 4) is 27.9 Å². The molecule has 1 aromatic heterocycles. The molecular weight excluding hydrogens is 643 g/mol. The van der Waals surface area contributed by atoms with Crippen LogP contribution in [0.3, 0.4) is 0 Å². The van der Waals surface area contributed by atoms with Gasteiger partial charge in [-0.15, -0.1) is 0 Å². The molecule has 2 N–H and O–H groups in total. The predicted octanol–water partition coefficient (Wildman–Crippen LogP) is 12.0. The molecule has 53 heavy (non-hydrogen) atoms. The molecule has 0 fully saturated rings. The summed E-state index contributed by atoms with van der Waals surface area (Å²) in [5.74, 6) is 0.566. The highest BCUT2D eigenvalue weighted by Crippen LogP contribution is 2.53. The number of allylic oxidation sites excluding steroid dienone is 4. The van der Waals surface area contributed by atoms with Crippen LogP contribution in [0.25, 0.3) is 55.4 Å². The molecule has 1 heterocycles. The van der Waals surface area contributed by atoms with E-state index in [1.54, 1.807) is 0 Å². The molecule has 6 aromatic carbocycles.